The van der Waals surface area contributed by atoms with Gasteiger partial charge in [0.1, 0.15) is 29.9 Å². The third-order valence-corrected chi connectivity index (χ3v) is 9.52. The van der Waals surface area contributed by atoms with Gasteiger partial charge >= 0.3 is 11.7 Å². The predicted molar refractivity (Wildman–Crippen MR) is 174 cm³/mol. The van der Waals surface area contributed by atoms with Crippen molar-refractivity contribution in [1.82, 2.24) is 14.5 Å². The van der Waals surface area contributed by atoms with Crippen molar-refractivity contribution in [2.75, 3.05) is 0 Å². The molecule has 254 valence electrons. The van der Waals surface area contributed by atoms with Gasteiger partial charge in [-0.3, -0.25) is 19.1 Å². The van der Waals surface area contributed by atoms with Gasteiger partial charge in [0.2, 0.25) is 5.89 Å². The van der Waals surface area contributed by atoms with E-state index in [1.54, 1.807) is 6.07 Å². The molecule has 3 aliphatic rings. The second-order valence-corrected chi connectivity index (χ2v) is 13.1. The van der Waals surface area contributed by atoms with Crippen LogP contribution in [0.2, 0.25) is 0 Å². The lowest BCUT2D eigenvalue weighted by atomic mass is 10.1. The maximum absolute atomic E-state index is 12.8. The van der Waals surface area contributed by atoms with E-state index in [-0.39, 0.29) is 11.9 Å². The van der Waals surface area contributed by atoms with Gasteiger partial charge in [-0.15, -0.1) is 0 Å². The first kappa shape index (κ1) is 33.4. The number of hydrogen-bond acceptors (Lipinski definition) is 9. The molecule has 0 bridgehead atoms. The minimum absolute atomic E-state index is 0.260. The fourth-order valence-corrected chi connectivity index (χ4v) is 7.03. The number of benzene rings is 1. The van der Waals surface area contributed by atoms with E-state index in [4.69, 9.17) is 28.3 Å². The van der Waals surface area contributed by atoms with E-state index in [0.717, 1.165) is 44.9 Å². The van der Waals surface area contributed by atoms with Crippen LogP contribution in [0.25, 0.3) is 11.3 Å². The molecule has 4 atom stereocenters. The fraction of sp³-hybridized carbons (Fsp3) is 0.611. The highest BCUT2D eigenvalue weighted by molar-refractivity contribution is 5.76. The van der Waals surface area contributed by atoms with Gasteiger partial charge < -0.3 is 23.4 Å². The van der Waals surface area contributed by atoms with Crippen LogP contribution in [0.4, 0.5) is 0 Å². The van der Waals surface area contributed by atoms with Gasteiger partial charge in [-0.2, -0.15) is 0 Å². The molecule has 4 heterocycles. The van der Waals surface area contributed by atoms with Crippen LogP contribution in [0.5, 0.6) is 5.75 Å². The Balaban J connectivity index is 1.07. The Hall–Kier alpha value is -3.54. The molecule has 1 spiro atoms. The highest BCUT2D eigenvalue weighted by Gasteiger charge is 2.61. The molecule has 1 aliphatic carbocycles. The molecule has 3 aromatic rings. The third-order valence-electron chi connectivity index (χ3n) is 9.52. The maximum Gasteiger partial charge on any atom is 0.330 e. The van der Waals surface area contributed by atoms with Crippen molar-refractivity contribution >= 4 is 5.97 Å². The summed E-state index contributed by atoms with van der Waals surface area (Å²) in [6.07, 6.45) is 17.3. The quantitative estimate of drug-likeness (QED) is 0.0977. The summed E-state index contributed by atoms with van der Waals surface area (Å²) in [7, 11) is 0. The second-order valence-electron chi connectivity index (χ2n) is 13.1. The molecule has 0 amide bonds. The van der Waals surface area contributed by atoms with Gasteiger partial charge in [-0.1, -0.05) is 83.3 Å². The Morgan fingerprint density at radius 3 is 2.34 bits per heavy atom. The number of fused-ring (bicyclic) bond motifs is 1. The number of unbranched alkanes of at least 4 members (excludes halogenated alkanes) is 10. The molecular weight excluding hydrogens is 602 g/mol. The van der Waals surface area contributed by atoms with Crippen LogP contribution in [0, 0.1) is 0 Å². The normalized spacial score (nSPS) is 23.0. The Kier molecular flexibility index (Phi) is 11.1. The number of nitrogens with zero attached hydrogens (tertiary/aromatic N) is 2. The van der Waals surface area contributed by atoms with Gasteiger partial charge in [0.05, 0.1) is 0 Å². The summed E-state index contributed by atoms with van der Waals surface area (Å²) in [4.78, 5) is 44.2. The van der Waals surface area contributed by atoms with E-state index in [9.17, 15) is 14.4 Å². The monoisotopic (exact) mass is 649 g/mol. The van der Waals surface area contributed by atoms with Crippen LogP contribution >= 0.6 is 0 Å². The Morgan fingerprint density at radius 1 is 0.936 bits per heavy atom. The molecule has 11 heteroatoms. The highest BCUT2D eigenvalue weighted by atomic mass is 16.8. The van der Waals surface area contributed by atoms with E-state index in [1.165, 1.54) is 74.5 Å². The molecule has 2 saturated heterocycles. The largest absolute Gasteiger partial charge is 0.445 e. The summed E-state index contributed by atoms with van der Waals surface area (Å²) in [6, 6.07) is 8.52. The highest BCUT2D eigenvalue weighted by Crippen LogP contribution is 2.53. The van der Waals surface area contributed by atoms with Crippen molar-refractivity contribution in [3.8, 4) is 17.0 Å². The Bertz CT molecular complexity index is 1590. The summed E-state index contributed by atoms with van der Waals surface area (Å²) in [6.45, 7) is 2.24. The molecule has 0 radical (unpaired) electrons. The lowest BCUT2D eigenvalue weighted by molar-refractivity contribution is -0.216. The summed E-state index contributed by atoms with van der Waals surface area (Å²) in [5.74, 6) is -0.345. The van der Waals surface area contributed by atoms with E-state index in [1.807, 2.05) is 18.2 Å². The molecule has 2 aromatic heterocycles. The third kappa shape index (κ3) is 7.96. The van der Waals surface area contributed by atoms with Crippen LogP contribution in [0.3, 0.4) is 0 Å². The van der Waals surface area contributed by atoms with Crippen LogP contribution in [-0.2, 0) is 19.0 Å². The Morgan fingerprint density at radius 2 is 1.62 bits per heavy atom. The lowest BCUT2D eigenvalue weighted by Crippen LogP contribution is -2.37. The number of aromatic amines is 1. The van der Waals surface area contributed by atoms with Crippen LogP contribution < -0.4 is 16.0 Å². The Labute approximate surface area is 275 Å². The number of carbonyl (C=O) groups excluding carboxylic acids is 1. The maximum atomic E-state index is 12.8. The van der Waals surface area contributed by atoms with Gasteiger partial charge in [0, 0.05) is 37.1 Å². The molecule has 1 saturated carbocycles. The van der Waals surface area contributed by atoms with Crippen LogP contribution in [-0.4, -0.2) is 38.5 Å². The zero-order valence-corrected chi connectivity index (χ0v) is 27.3. The summed E-state index contributed by atoms with van der Waals surface area (Å²) in [5.41, 5.74) is 0.00424. The van der Waals surface area contributed by atoms with Crippen molar-refractivity contribution in [1.29, 1.82) is 0 Å². The summed E-state index contributed by atoms with van der Waals surface area (Å²) >= 11 is 0. The average molecular weight is 650 g/mol. The minimum atomic E-state index is -0.853. The number of oxazole rings is 1. The molecule has 1 aromatic carbocycles. The number of H-pyrrole nitrogens is 1. The number of rotatable bonds is 16. The van der Waals surface area contributed by atoms with E-state index in [2.05, 4.69) is 11.9 Å². The van der Waals surface area contributed by atoms with Gasteiger partial charge in [-0.05, 0) is 31.4 Å². The van der Waals surface area contributed by atoms with Crippen molar-refractivity contribution in [2.24, 2.45) is 0 Å². The van der Waals surface area contributed by atoms with Crippen molar-refractivity contribution < 1.29 is 28.2 Å². The molecule has 11 nitrogen and oxygen atoms in total. The number of aromatic nitrogens is 3. The second kappa shape index (κ2) is 15.6. The van der Waals surface area contributed by atoms with Gasteiger partial charge in [0.25, 0.3) is 5.56 Å². The first-order chi connectivity index (χ1) is 23.0. The number of nitrogens with one attached hydrogen (secondary N) is 1. The smallest absolute Gasteiger partial charge is 0.330 e. The summed E-state index contributed by atoms with van der Waals surface area (Å²) in [5, 5.41) is 0. The van der Waals surface area contributed by atoms with Gasteiger partial charge in [0.15, 0.2) is 18.1 Å². The van der Waals surface area contributed by atoms with Crippen molar-refractivity contribution in [2.45, 2.75) is 140 Å². The average Bonchev–Trinajstić information content (AvgIpc) is 3.86. The fourth-order valence-electron chi connectivity index (χ4n) is 7.03. The predicted octanol–water partition coefficient (Wildman–Crippen LogP) is 7.12. The number of hydrogen-bond donors (Lipinski definition) is 1. The molecule has 0 unspecified atom stereocenters. The zero-order valence-electron chi connectivity index (χ0n) is 27.3. The SMILES string of the molecule is CCCCCCCCCCCCCC(=O)Oc1ccccc1-c1coc([C@H]2O[C@@H](n3ccc(=O)[nH]c3=O)[C@@H]3OC4(CCCC4)O[C@@H]32)n1. The number of para-hydroxylation sites is 1. The topological polar surface area (TPSA) is 135 Å². The molecule has 3 fully saturated rings. The first-order valence-corrected chi connectivity index (χ1v) is 17.5. The molecule has 47 heavy (non-hydrogen) atoms. The van der Waals surface area contributed by atoms with E-state index in [0.29, 0.717) is 23.4 Å². The minimum Gasteiger partial charge on any atom is -0.445 e. The zero-order chi connectivity index (χ0) is 32.6. The molecule has 6 rings (SSSR count). The number of ether oxygens (including phenoxy) is 4. The van der Waals surface area contributed by atoms with Crippen LogP contribution in [0.1, 0.15) is 128 Å². The molecule has 2 aliphatic heterocycles. The van der Waals surface area contributed by atoms with Gasteiger partial charge in [-0.25, -0.2) is 9.78 Å². The number of esters is 1. The van der Waals surface area contributed by atoms with Crippen molar-refractivity contribution in [3.05, 3.63) is 69.5 Å². The molecule has 1 N–H and O–H groups in total. The van der Waals surface area contributed by atoms with E-state index < -0.39 is 41.6 Å². The summed E-state index contributed by atoms with van der Waals surface area (Å²) < 4.78 is 32.3. The van der Waals surface area contributed by atoms with E-state index >= 15 is 0 Å². The number of carbonyl (C=O) groups is 1. The first-order valence-electron chi connectivity index (χ1n) is 17.5. The molecular formula is C36H47N3O8. The van der Waals surface area contributed by atoms with Crippen LogP contribution in [0.15, 0.2) is 56.8 Å². The standard InChI is InChI=1S/C36H47N3O8/c1-2-3-4-5-6-7-8-9-10-11-12-19-29(41)44-27-18-14-13-17-25(27)26-24-43-33(37-26)31-30-32(47-36(46-30)21-15-16-22-36)34(45-31)39-23-20-28(40)38-35(39)42/h13-14,17-18,20,23-24,30-32,34H,2-12,15-16,19,21-22H2,1H3,(H,38,40,42)/t30-,31+,32-,34-/m1/s1. The lowest BCUT2D eigenvalue weighted by Gasteiger charge is -2.26. The van der Waals surface area contributed by atoms with Crippen molar-refractivity contribution in [3.63, 3.8) is 0 Å².